The number of nitrogens with zero attached hydrogens (tertiary/aromatic N) is 2. The molecular weight excluding hydrogens is 242 g/mol. The Hall–Kier alpha value is -1.88. The Labute approximate surface area is 110 Å². The first-order valence-electron chi connectivity index (χ1n) is 6.66. The molecule has 2 aliphatic rings. The van der Waals surface area contributed by atoms with E-state index in [1.807, 2.05) is 6.07 Å². The van der Waals surface area contributed by atoms with Crippen molar-refractivity contribution in [3.8, 4) is 0 Å². The number of rotatable bonds is 2. The standard InChI is InChI=1S/C14H15N3O2/c18-14(16-12-8-17-3-1-10(12)7-17)11-5-9-2-4-19-13(9)6-15-11/h2,4-6,10,12H,1,3,7-8H2,(H,16,18)/t10-,12-/m0/s1. The van der Waals surface area contributed by atoms with Crippen LogP contribution in [0.2, 0.25) is 0 Å². The second-order valence-electron chi connectivity index (χ2n) is 5.42. The van der Waals surface area contributed by atoms with Crippen LogP contribution in [0.1, 0.15) is 16.9 Å². The highest BCUT2D eigenvalue weighted by Gasteiger charge is 2.38. The summed E-state index contributed by atoms with van der Waals surface area (Å²) in [6.45, 7) is 3.28. The molecule has 98 valence electrons. The highest BCUT2D eigenvalue weighted by atomic mass is 16.3. The fraction of sp³-hybridized carbons (Fsp3) is 0.429. The predicted octanol–water partition coefficient (Wildman–Crippen LogP) is 1.26. The molecule has 2 saturated heterocycles. The summed E-state index contributed by atoms with van der Waals surface area (Å²) in [6.07, 6.45) is 4.41. The van der Waals surface area contributed by atoms with Gasteiger partial charge in [0.15, 0.2) is 5.58 Å². The molecule has 2 bridgehead atoms. The van der Waals surface area contributed by atoms with Crippen molar-refractivity contribution in [1.29, 1.82) is 0 Å². The monoisotopic (exact) mass is 257 g/mol. The van der Waals surface area contributed by atoms with Crippen molar-refractivity contribution in [2.45, 2.75) is 12.5 Å². The Morgan fingerprint density at radius 1 is 1.47 bits per heavy atom. The number of hydrogen-bond donors (Lipinski definition) is 1. The molecule has 0 radical (unpaired) electrons. The minimum absolute atomic E-state index is 0.0816. The molecule has 19 heavy (non-hydrogen) atoms. The highest BCUT2D eigenvalue weighted by Crippen LogP contribution is 2.27. The van der Waals surface area contributed by atoms with Crippen LogP contribution in [0.3, 0.4) is 0 Å². The van der Waals surface area contributed by atoms with E-state index < -0.39 is 0 Å². The molecule has 1 amide bonds. The Morgan fingerprint density at radius 3 is 3.21 bits per heavy atom. The minimum Gasteiger partial charge on any atom is -0.463 e. The maximum Gasteiger partial charge on any atom is 0.270 e. The third kappa shape index (κ3) is 1.81. The zero-order valence-corrected chi connectivity index (χ0v) is 10.5. The molecule has 2 aliphatic heterocycles. The lowest BCUT2D eigenvalue weighted by Gasteiger charge is -2.22. The SMILES string of the molecule is O=C(N[C@H]1CN2CC[C@H]1C2)c1cc2ccoc2cn1. The summed E-state index contributed by atoms with van der Waals surface area (Å²) in [7, 11) is 0. The summed E-state index contributed by atoms with van der Waals surface area (Å²) in [4.78, 5) is 18.8. The average molecular weight is 257 g/mol. The van der Waals surface area contributed by atoms with Crippen LogP contribution in [0.4, 0.5) is 0 Å². The van der Waals surface area contributed by atoms with Gasteiger partial charge in [0.1, 0.15) is 5.69 Å². The van der Waals surface area contributed by atoms with Crippen molar-refractivity contribution >= 4 is 16.9 Å². The van der Waals surface area contributed by atoms with E-state index in [1.165, 1.54) is 13.0 Å². The van der Waals surface area contributed by atoms with E-state index in [2.05, 4.69) is 15.2 Å². The lowest BCUT2D eigenvalue weighted by molar-refractivity contribution is 0.0919. The lowest BCUT2D eigenvalue weighted by Crippen LogP contribution is -2.43. The van der Waals surface area contributed by atoms with Crippen molar-refractivity contribution in [2.24, 2.45) is 5.92 Å². The Morgan fingerprint density at radius 2 is 2.42 bits per heavy atom. The van der Waals surface area contributed by atoms with Crippen LogP contribution in [-0.4, -0.2) is 41.5 Å². The molecule has 3 atom stereocenters. The van der Waals surface area contributed by atoms with Gasteiger partial charge in [-0.15, -0.1) is 0 Å². The van der Waals surface area contributed by atoms with Gasteiger partial charge in [0.2, 0.25) is 0 Å². The molecule has 2 fully saturated rings. The van der Waals surface area contributed by atoms with Crippen LogP contribution in [0.5, 0.6) is 0 Å². The zero-order chi connectivity index (χ0) is 12.8. The Bertz CT molecular complexity index is 636. The van der Waals surface area contributed by atoms with Gasteiger partial charge in [-0.2, -0.15) is 0 Å². The second-order valence-corrected chi connectivity index (χ2v) is 5.42. The number of pyridine rings is 1. The number of piperidine rings is 1. The normalized spacial score (nSPS) is 28.9. The van der Waals surface area contributed by atoms with Crippen molar-refractivity contribution in [3.63, 3.8) is 0 Å². The Balaban J connectivity index is 1.53. The summed E-state index contributed by atoms with van der Waals surface area (Å²) >= 11 is 0. The quantitative estimate of drug-likeness (QED) is 0.880. The largest absolute Gasteiger partial charge is 0.463 e. The molecule has 5 nitrogen and oxygen atoms in total. The number of nitrogens with one attached hydrogen (secondary N) is 1. The van der Waals surface area contributed by atoms with Crippen molar-refractivity contribution in [1.82, 2.24) is 15.2 Å². The topological polar surface area (TPSA) is 58.4 Å². The molecule has 0 spiro atoms. The molecule has 0 aromatic carbocycles. The van der Waals surface area contributed by atoms with Gasteiger partial charge in [-0.1, -0.05) is 0 Å². The van der Waals surface area contributed by atoms with Crippen LogP contribution in [0, 0.1) is 5.92 Å². The summed E-state index contributed by atoms with van der Waals surface area (Å²) in [6, 6.07) is 3.90. The molecule has 5 heteroatoms. The van der Waals surface area contributed by atoms with E-state index in [0.29, 0.717) is 17.2 Å². The minimum atomic E-state index is -0.0816. The molecular formula is C14H15N3O2. The molecule has 1 N–H and O–H groups in total. The smallest absolute Gasteiger partial charge is 0.270 e. The third-order valence-corrected chi connectivity index (χ3v) is 4.22. The molecule has 1 unspecified atom stereocenters. The zero-order valence-electron chi connectivity index (χ0n) is 10.5. The maximum absolute atomic E-state index is 12.2. The van der Waals surface area contributed by atoms with Gasteiger partial charge >= 0.3 is 0 Å². The summed E-state index contributed by atoms with van der Waals surface area (Å²) in [5.74, 6) is 0.531. The second kappa shape index (κ2) is 4.06. The first kappa shape index (κ1) is 11.0. The molecule has 0 aliphatic carbocycles. The number of carbonyl (C=O) groups is 1. The van der Waals surface area contributed by atoms with Gasteiger partial charge in [-0.25, -0.2) is 4.98 Å². The first-order chi connectivity index (χ1) is 9.29. The lowest BCUT2D eigenvalue weighted by atomic mass is 10.00. The molecule has 0 saturated carbocycles. The van der Waals surface area contributed by atoms with Crippen LogP contribution in [0.25, 0.3) is 11.0 Å². The maximum atomic E-state index is 12.2. The van der Waals surface area contributed by atoms with Crippen LogP contribution in [0.15, 0.2) is 29.0 Å². The van der Waals surface area contributed by atoms with Gasteiger partial charge in [-0.3, -0.25) is 4.79 Å². The van der Waals surface area contributed by atoms with Crippen LogP contribution < -0.4 is 5.32 Å². The summed E-state index contributed by atoms with van der Waals surface area (Å²) in [5.41, 5.74) is 1.18. The van der Waals surface area contributed by atoms with Gasteiger partial charge in [0.05, 0.1) is 12.5 Å². The molecule has 2 aromatic rings. The van der Waals surface area contributed by atoms with Gasteiger partial charge in [-0.05, 0) is 31.0 Å². The van der Waals surface area contributed by atoms with Crippen molar-refractivity contribution < 1.29 is 9.21 Å². The summed E-state index contributed by atoms with van der Waals surface area (Å²) in [5, 5.41) is 4.02. The molecule has 2 aromatic heterocycles. The molecule has 4 rings (SSSR count). The fourth-order valence-electron chi connectivity index (χ4n) is 3.18. The van der Waals surface area contributed by atoms with E-state index in [1.54, 1.807) is 18.5 Å². The number of carbonyl (C=O) groups excluding carboxylic acids is 1. The van der Waals surface area contributed by atoms with Crippen LogP contribution >= 0.6 is 0 Å². The van der Waals surface area contributed by atoms with Crippen LogP contribution in [-0.2, 0) is 0 Å². The van der Waals surface area contributed by atoms with Gasteiger partial charge in [0, 0.05) is 24.5 Å². The molecule has 4 heterocycles. The van der Waals surface area contributed by atoms with Crippen molar-refractivity contribution in [2.75, 3.05) is 19.6 Å². The summed E-state index contributed by atoms with van der Waals surface area (Å²) < 4.78 is 5.23. The highest BCUT2D eigenvalue weighted by molar-refractivity contribution is 5.95. The van der Waals surface area contributed by atoms with Crippen molar-refractivity contribution in [3.05, 3.63) is 30.3 Å². The number of fused-ring (bicyclic) bond motifs is 3. The first-order valence-corrected chi connectivity index (χ1v) is 6.66. The number of amides is 1. The van der Waals surface area contributed by atoms with E-state index in [0.717, 1.165) is 18.5 Å². The Kier molecular flexibility index (Phi) is 2.35. The predicted molar refractivity (Wildman–Crippen MR) is 69.8 cm³/mol. The van der Waals surface area contributed by atoms with E-state index in [9.17, 15) is 4.79 Å². The van der Waals surface area contributed by atoms with Gasteiger partial charge in [0.25, 0.3) is 5.91 Å². The number of aromatic nitrogens is 1. The fourth-order valence-corrected chi connectivity index (χ4v) is 3.18. The number of hydrogen-bond acceptors (Lipinski definition) is 4. The number of furan rings is 1. The van der Waals surface area contributed by atoms with E-state index >= 15 is 0 Å². The van der Waals surface area contributed by atoms with E-state index in [-0.39, 0.29) is 11.9 Å². The average Bonchev–Trinajstić information content (AvgIpc) is 3.13. The third-order valence-electron chi connectivity index (χ3n) is 4.22. The van der Waals surface area contributed by atoms with E-state index in [4.69, 9.17) is 4.42 Å². The van der Waals surface area contributed by atoms with Gasteiger partial charge < -0.3 is 14.6 Å².